The first-order valence-electron chi connectivity index (χ1n) is 7.30. The molecule has 1 aliphatic carbocycles. The molecule has 0 bridgehead atoms. The Morgan fingerprint density at radius 2 is 1.89 bits per heavy atom. The minimum atomic E-state index is -3.33. The average molecular weight is 291 g/mol. The Balaban J connectivity index is 2.30. The van der Waals surface area contributed by atoms with Gasteiger partial charge in [-0.2, -0.15) is 17.4 Å². The molecule has 0 aromatic carbocycles. The van der Waals surface area contributed by atoms with Crippen LogP contribution in [-0.4, -0.2) is 44.9 Å². The lowest BCUT2D eigenvalue weighted by Crippen LogP contribution is -2.47. The Morgan fingerprint density at radius 1 is 1.26 bits per heavy atom. The van der Waals surface area contributed by atoms with Crippen LogP contribution in [0.2, 0.25) is 0 Å². The second-order valence-electron chi connectivity index (χ2n) is 5.89. The van der Waals surface area contributed by atoms with E-state index in [-0.39, 0.29) is 6.04 Å². The summed E-state index contributed by atoms with van der Waals surface area (Å²) in [5.41, 5.74) is 0. The van der Waals surface area contributed by atoms with Crippen molar-refractivity contribution in [2.45, 2.75) is 58.5 Å². The minimum Gasteiger partial charge on any atom is -0.314 e. The molecule has 1 unspecified atom stereocenters. The van der Waals surface area contributed by atoms with Crippen molar-refractivity contribution in [2.24, 2.45) is 5.92 Å². The Labute approximate surface area is 118 Å². The largest absolute Gasteiger partial charge is 0.314 e. The van der Waals surface area contributed by atoms with Gasteiger partial charge >= 0.3 is 0 Å². The second kappa shape index (κ2) is 7.57. The monoisotopic (exact) mass is 291 g/mol. The predicted octanol–water partition coefficient (Wildman–Crippen LogP) is 1.33. The van der Waals surface area contributed by atoms with Crippen LogP contribution >= 0.6 is 0 Å². The van der Waals surface area contributed by atoms with Gasteiger partial charge in [-0.15, -0.1) is 0 Å². The summed E-state index contributed by atoms with van der Waals surface area (Å²) in [5.74, 6) is 0.519. The molecule has 1 saturated carbocycles. The quantitative estimate of drug-likeness (QED) is 0.630. The van der Waals surface area contributed by atoms with Crippen molar-refractivity contribution >= 4 is 10.2 Å². The Morgan fingerprint density at radius 3 is 2.37 bits per heavy atom. The number of nitrogens with one attached hydrogen (secondary N) is 2. The van der Waals surface area contributed by atoms with E-state index in [4.69, 9.17) is 0 Å². The van der Waals surface area contributed by atoms with E-state index in [2.05, 4.69) is 23.9 Å². The van der Waals surface area contributed by atoms with Crippen molar-refractivity contribution in [3.63, 3.8) is 0 Å². The van der Waals surface area contributed by atoms with Gasteiger partial charge < -0.3 is 5.32 Å². The first-order chi connectivity index (χ1) is 8.83. The van der Waals surface area contributed by atoms with Gasteiger partial charge in [-0.25, -0.2) is 0 Å². The molecule has 0 amide bonds. The molecule has 0 heterocycles. The predicted molar refractivity (Wildman–Crippen MR) is 79.2 cm³/mol. The van der Waals surface area contributed by atoms with Gasteiger partial charge in [0.05, 0.1) is 0 Å². The molecule has 5 nitrogen and oxygen atoms in total. The molecule has 0 aromatic rings. The molecule has 1 aliphatic rings. The average Bonchev–Trinajstić information content (AvgIpc) is 2.20. The van der Waals surface area contributed by atoms with Gasteiger partial charge in [0.25, 0.3) is 10.2 Å². The first-order valence-corrected chi connectivity index (χ1v) is 8.74. The third kappa shape index (κ3) is 5.77. The van der Waals surface area contributed by atoms with Gasteiger partial charge in [0, 0.05) is 25.7 Å². The van der Waals surface area contributed by atoms with Crippen LogP contribution in [0.15, 0.2) is 0 Å². The molecule has 1 fully saturated rings. The molecule has 1 rings (SSSR count). The van der Waals surface area contributed by atoms with Crippen LogP contribution in [0.3, 0.4) is 0 Å². The lowest BCUT2D eigenvalue weighted by Gasteiger charge is -2.32. The maximum Gasteiger partial charge on any atom is 0.279 e. The highest BCUT2D eigenvalue weighted by atomic mass is 32.2. The maximum atomic E-state index is 12.1. The lowest BCUT2D eigenvalue weighted by molar-refractivity contribution is 0.257. The summed E-state index contributed by atoms with van der Waals surface area (Å²) in [6, 6.07) is 0.494. The molecule has 0 saturated heterocycles. The van der Waals surface area contributed by atoms with E-state index in [0.29, 0.717) is 18.5 Å². The molecule has 114 valence electrons. The molecule has 1 atom stereocenters. The Bertz CT molecular complexity index is 353. The number of hydrogen-bond acceptors (Lipinski definition) is 3. The zero-order valence-electron chi connectivity index (χ0n) is 12.6. The fraction of sp³-hybridized carbons (Fsp3) is 1.00. The van der Waals surface area contributed by atoms with Crippen LogP contribution in [0.4, 0.5) is 0 Å². The summed E-state index contributed by atoms with van der Waals surface area (Å²) < 4.78 is 28.4. The first kappa shape index (κ1) is 16.9. The minimum absolute atomic E-state index is 0.0509. The van der Waals surface area contributed by atoms with Crippen molar-refractivity contribution in [2.75, 3.05) is 20.1 Å². The third-order valence-electron chi connectivity index (χ3n) is 3.80. The molecule has 0 radical (unpaired) electrons. The normalized spacial score (nSPS) is 18.8. The van der Waals surface area contributed by atoms with Crippen molar-refractivity contribution in [1.82, 2.24) is 14.3 Å². The fourth-order valence-electron chi connectivity index (χ4n) is 2.17. The summed E-state index contributed by atoms with van der Waals surface area (Å²) in [6.45, 7) is 7.53. The van der Waals surface area contributed by atoms with Gasteiger partial charge in [-0.05, 0) is 38.6 Å². The van der Waals surface area contributed by atoms with Gasteiger partial charge in [0.15, 0.2) is 0 Å². The fourth-order valence-corrected chi connectivity index (χ4v) is 3.39. The van der Waals surface area contributed by atoms with Crippen LogP contribution < -0.4 is 10.0 Å². The van der Waals surface area contributed by atoms with E-state index in [0.717, 1.165) is 25.8 Å². The number of rotatable bonds is 9. The topological polar surface area (TPSA) is 61.4 Å². The third-order valence-corrected chi connectivity index (χ3v) is 5.48. The second-order valence-corrected chi connectivity index (χ2v) is 7.70. The number of hydrogen-bond donors (Lipinski definition) is 2. The molecule has 0 aliphatic heterocycles. The van der Waals surface area contributed by atoms with Crippen molar-refractivity contribution in [3.05, 3.63) is 0 Å². The SMILES string of the molecule is CC(C)NCCCN(C)S(=O)(=O)NC(C)C1CCC1. The van der Waals surface area contributed by atoms with E-state index in [1.54, 1.807) is 7.05 Å². The molecule has 19 heavy (non-hydrogen) atoms. The van der Waals surface area contributed by atoms with Crippen LogP contribution in [0.1, 0.15) is 46.5 Å². The summed E-state index contributed by atoms with van der Waals surface area (Å²) >= 11 is 0. The summed E-state index contributed by atoms with van der Waals surface area (Å²) in [4.78, 5) is 0. The molecular weight excluding hydrogens is 262 g/mol. The smallest absolute Gasteiger partial charge is 0.279 e. The van der Waals surface area contributed by atoms with Crippen molar-refractivity contribution in [1.29, 1.82) is 0 Å². The lowest BCUT2D eigenvalue weighted by atomic mass is 9.81. The van der Waals surface area contributed by atoms with E-state index in [1.165, 1.54) is 10.7 Å². The summed E-state index contributed by atoms with van der Waals surface area (Å²) in [6.07, 6.45) is 4.35. The van der Waals surface area contributed by atoms with E-state index < -0.39 is 10.2 Å². The van der Waals surface area contributed by atoms with Gasteiger partial charge in [0.2, 0.25) is 0 Å². The molecule has 0 aromatic heterocycles. The molecule has 2 N–H and O–H groups in total. The van der Waals surface area contributed by atoms with Crippen molar-refractivity contribution < 1.29 is 8.42 Å². The van der Waals surface area contributed by atoms with Gasteiger partial charge in [-0.3, -0.25) is 0 Å². The zero-order valence-corrected chi connectivity index (χ0v) is 13.5. The summed E-state index contributed by atoms with van der Waals surface area (Å²) in [5, 5.41) is 3.29. The Hall–Kier alpha value is -0.170. The molecule has 0 spiro atoms. The van der Waals surface area contributed by atoms with Gasteiger partial charge in [-0.1, -0.05) is 20.3 Å². The maximum absolute atomic E-state index is 12.1. The van der Waals surface area contributed by atoms with E-state index in [9.17, 15) is 8.42 Å². The highest BCUT2D eigenvalue weighted by molar-refractivity contribution is 7.87. The highest BCUT2D eigenvalue weighted by Gasteiger charge is 2.28. The van der Waals surface area contributed by atoms with Crippen LogP contribution in [0.25, 0.3) is 0 Å². The highest BCUT2D eigenvalue weighted by Crippen LogP contribution is 2.29. The summed E-state index contributed by atoms with van der Waals surface area (Å²) in [7, 11) is -1.68. The Kier molecular flexibility index (Phi) is 6.73. The van der Waals surface area contributed by atoms with Crippen LogP contribution in [-0.2, 0) is 10.2 Å². The van der Waals surface area contributed by atoms with Crippen LogP contribution in [0, 0.1) is 5.92 Å². The van der Waals surface area contributed by atoms with E-state index in [1.807, 2.05) is 6.92 Å². The number of nitrogens with zero attached hydrogens (tertiary/aromatic N) is 1. The standard InChI is InChI=1S/C13H29N3O2S/c1-11(2)14-9-6-10-16(4)19(17,18)15-12(3)13-7-5-8-13/h11-15H,5-10H2,1-4H3. The van der Waals surface area contributed by atoms with Gasteiger partial charge in [0.1, 0.15) is 0 Å². The van der Waals surface area contributed by atoms with E-state index >= 15 is 0 Å². The molecule has 6 heteroatoms. The molecular formula is C13H29N3O2S. The van der Waals surface area contributed by atoms with Crippen molar-refractivity contribution in [3.8, 4) is 0 Å². The van der Waals surface area contributed by atoms with Crippen LogP contribution in [0.5, 0.6) is 0 Å². The zero-order chi connectivity index (χ0) is 14.5.